The summed E-state index contributed by atoms with van der Waals surface area (Å²) in [4.78, 5) is 1.37. The zero-order valence-corrected chi connectivity index (χ0v) is 11.6. The van der Waals surface area contributed by atoms with Crippen molar-refractivity contribution in [1.82, 2.24) is 0 Å². The lowest BCUT2D eigenvalue weighted by Crippen LogP contribution is -2.15. The second-order valence-electron chi connectivity index (χ2n) is 4.39. The summed E-state index contributed by atoms with van der Waals surface area (Å²) in [5.74, 6) is 0.546. The van der Waals surface area contributed by atoms with Crippen LogP contribution in [0.5, 0.6) is 0 Å². The van der Waals surface area contributed by atoms with Crippen LogP contribution < -0.4 is 5.32 Å². The summed E-state index contributed by atoms with van der Waals surface area (Å²) in [6, 6.07) is 12.5. The van der Waals surface area contributed by atoms with Gasteiger partial charge < -0.3 is 5.32 Å². The minimum Gasteiger partial charge on any atom is -0.377 e. The normalized spacial score (nSPS) is 12.7. The Hall–Kier alpha value is -0.990. The second-order valence-corrected chi connectivity index (χ2v) is 5.80. The van der Waals surface area contributed by atoms with Crippen LogP contribution in [0.2, 0.25) is 5.02 Å². The highest BCUT2D eigenvalue weighted by Crippen LogP contribution is 2.29. The predicted molar refractivity (Wildman–Crippen MR) is 77.0 cm³/mol. The van der Waals surface area contributed by atoms with Gasteiger partial charge in [0, 0.05) is 15.6 Å². The molecule has 1 atom stereocenters. The molecule has 0 fully saturated rings. The van der Waals surface area contributed by atoms with Gasteiger partial charge in [-0.1, -0.05) is 31.5 Å². The van der Waals surface area contributed by atoms with Crippen LogP contribution in [0.1, 0.15) is 24.8 Å². The van der Waals surface area contributed by atoms with E-state index >= 15 is 0 Å². The fourth-order valence-corrected chi connectivity index (χ4v) is 2.84. The van der Waals surface area contributed by atoms with Crippen molar-refractivity contribution in [2.75, 3.05) is 5.32 Å². The zero-order valence-electron chi connectivity index (χ0n) is 9.98. The van der Waals surface area contributed by atoms with Gasteiger partial charge in [-0.05, 0) is 41.6 Å². The molecule has 0 aliphatic rings. The predicted octanol–water partition coefficient (Wildman–Crippen LogP) is 5.21. The Kier molecular flexibility index (Phi) is 4.08. The molecule has 0 saturated heterocycles. The smallest absolute Gasteiger partial charge is 0.0629 e. The van der Waals surface area contributed by atoms with Crippen LogP contribution in [0.15, 0.2) is 41.8 Å². The molecule has 1 nitrogen and oxygen atoms in total. The molecule has 17 heavy (non-hydrogen) atoms. The molecule has 3 heteroatoms. The minimum atomic E-state index is 0.358. The number of rotatable bonds is 4. The van der Waals surface area contributed by atoms with Gasteiger partial charge in [-0.25, -0.2) is 0 Å². The van der Waals surface area contributed by atoms with Crippen molar-refractivity contribution in [3.8, 4) is 0 Å². The lowest BCUT2D eigenvalue weighted by molar-refractivity contribution is 0.554. The Morgan fingerprint density at radius 3 is 2.35 bits per heavy atom. The molecule has 0 bridgehead atoms. The zero-order chi connectivity index (χ0) is 12.3. The molecule has 0 spiro atoms. The van der Waals surface area contributed by atoms with Gasteiger partial charge in [0.2, 0.25) is 0 Å². The van der Waals surface area contributed by atoms with Crippen molar-refractivity contribution >= 4 is 28.6 Å². The van der Waals surface area contributed by atoms with E-state index in [1.807, 2.05) is 24.3 Å². The first-order chi connectivity index (χ1) is 8.16. The van der Waals surface area contributed by atoms with Gasteiger partial charge in [0.15, 0.2) is 0 Å². The number of thiophene rings is 1. The van der Waals surface area contributed by atoms with Gasteiger partial charge in [-0.15, -0.1) is 11.3 Å². The van der Waals surface area contributed by atoms with Crippen LogP contribution >= 0.6 is 22.9 Å². The van der Waals surface area contributed by atoms with Crippen molar-refractivity contribution in [1.29, 1.82) is 0 Å². The first-order valence-corrected chi connectivity index (χ1v) is 6.98. The van der Waals surface area contributed by atoms with Gasteiger partial charge in [-0.3, -0.25) is 0 Å². The van der Waals surface area contributed by atoms with Gasteiger partial charge in [0.05, 0.1) is 6.04 Å². The standard InChI is InChI=1S/C14H16ClNS/c1-10(2)14(13-4-3-9-17-13)16-12-7-5-11(15)6-8-12/h3-10,14,16H,1-2H3. The summed E-state index contributed by atoms with van der Waals surface area (Å²) >= 11 is 7.68. The van der Waals surface area contributed by atoms with E-state index in [2.05, 4.69) is 36.7 Å². The van der Waals surface area contributed by atoms with E-state index in [0.29, 0.717) is 12.0 Å². The topological polar surface area (TPSA) is 12.0 Å². The highest BCUT2D eigenvalue weighted by atomic mass is 35.5. The summed E-state index contributed by atoms with van der Waals surface area (Å²) in [6.07, 6.45) is 0. The molecule has 0 radical (unpaired) electrons. The van der Waals surface area contributed by atoms with Gasteiger partial charge >= 0.3 is 0 Å². The Morgan fingerprint density at radius 1 is 1.12 bits per heavy atom. The van der Waals surface area contributed by atoms with E-state index in [0.717, 1.165) is 10.7 Å². The van der Waals surface area contributed by atoms with Gasteiger partial charge in [-0.2, -0.15) is 0 Å². The summed E-state index contributed by atoms with van der Waals surface area (Å²) in [7, 11) is 0. The number of halogens is 1. The van der Waals surface area contributed by atoms with E-state index < -0.39 is 0 Å². The molecule has 1 aromatic carbocycles. The third-order valence-electron chi connectivity index (χ3n) is 2.68. The van der Waals surface area contributed by atoms with E-state index in [-0.39, 0.29) is 0 Å². The summed E-state index contributed by atoms with van der Waals surface area (Å²) in [5.41, 5.74) is 1.11. The molecule has 0 aliphatic heterocycles. The van der Waals surface area contributed by atoms with E-state index in [1.165, 1.54) is 4.88 Å². The van der Waals surface area contributed by atoms with Gasteiger partial charge in [0.25, 0.3) is 0 Å². The molecule has 2 rings (SSSR count). The van der Waals surface area contributed by atoms with Crippen molar-refractivity contribution in [3.05, 3.63) is 51.7 Å². The minimum absolute atomic E-state index is 0.358. The van der Waals surface area contributed by atoms with Crippen LogP contribution in [0, 0.1) is 5.92 Å². The highest BCUT2D eigenvalue weighted by molar-refractivity contribution is 7.10. The van der Waals surface area contributed by atoms with E-state index in [1.54, 1.807) is 11.3 Å². The number of hydrogen-bond donors (Lipinski definition) is 1. The number of anilines is 1. The fraction of sp³-hybridized carbons (Fsp3) is 0.286. The average molecular weight is 266 g/mol. The van der Waals surface area contributed by atoms with Crippen molar-refractivity contribution in [2.45, 2.75) is 19.9 Å². The maximum atomic E-state index is 5.88. The van der Waals surface area contributed by atoms with E-state index in [9.17, 15) is 0 Å². The molecule has 0 amide bonds. The number of benzene rings is 1. The maximum absolute atomic E-state index is 5.88. The molecule has 1 unspecified atom stereocenters. The summed E-state index contributed by atoms with van der Waals surface area (Å²) < 4.78 is 0. The Balaban J connectivity index is 2.16. The third kappa shape index (κ3) is 3.24. The van der Waals surface area contributed by atoms with Gasteiger partial charge in [0.1, 0.15) is 0 Å². The largest absolute Gasteiger partial charge is 0.377 e. The third-order valence-corrected chi connectivity index (χ3v) is 3.89. The molecule has 1 aromatic heterocycles. The number of hydrogen-bond acceptors (Lipinski definition) is 2. The average Bonchev–Trinajstić information content (AvgIpc) is 2.81. The molecule has 90 valence electrons. The lowest BCUT2D eigenvalue weighted by Gasteiger charge is -2.22. The van der Waals surface area contributed by atoms with E-state index in [4.69, 9.17) is 11.6 Å². The van der Waals surface area contributed by atoms with Crippen LogP contribution in [-0.2, 0) is 0 Å². The molecule has 2 aromatic rings. The fourth-order valence-electron chi connectivity index (χ4n) is 1.76. The monoisotopic (exact) mass is 265 g/mol. The summed E-state index contributed by atoms with van der Waals surface area (Å²) in [5, 5.41) is 6.45. The Bertz CT molecular complexity index is 448. The molecular weight excluding hydrogens is 250 g/mol. The molecule has 0 saturated carbocycles. The summed E-state index contributed by atoms with van der Waals surface area (Å²) in [6.45, 7) is 4.46. The Labute approximate surface area is 111 Å². The molecular formula is C14H16ClNS. The van der Waals surface area contributed by atoms with Crippen LogP contribution in [-0.4, -0.2) is 0 Å². The molecule has 0 aliphatic carbocycles. The van der Waals surface area contributed by atoms with Crippen LogP contribution in [0.25, 0.3) is 0 Å². The quantitative estimate of drug-likeness (QED) is 0.800. The van der Waals surface area contributed by atoms with Crippen molar-refractivity contribution in [3.63, 3.8) is 0 Å². The second kappa shape index (κ2) is 5.56. The highest BCUT2D eigenvalue weighted by Gasteiger charge is 2.16. The van der Waals surface area contributed by atoms with Crippen molar-refractivity contribution in [2.24, 2.45) is 5.92 Å². The SMILES string of the molecule is CC(C)C(Nc1ccc(Cl)cc1)c1cccs1. The lowest BCUT2D eigenvalue weighted by atomic mass is 10.0. The molecule has 1 N–H and O–H groups in total. The molecule has 1 heterocycles. The first kappa shape index (κ1) is 12.5. The number of nitrogens with one attached hydrogen (secondary N) is 1. The van der Waals surface area contributed by atoms with Crippen molar-refractivity contribution < 1.29 is 0 Å². The Morgan fingerprint density at radius 2 is 1.82 bits per heavy atom. The maximum Gasteiger partial charge on any atom is 0.0629 e. The van der Waals surface area contributed by atoms with Crippen LogP contribution in [0.3, 0.4) is 0 Å². The first-order valence-electron chi connectivity index (χ1n) is 5.72. The van der Waals surface area contributed by atoms with Crippen LogP contribution in [0.4, 0.5) is 5.69 Å².